The van der Waals surface area contributed by atoms with Crippen LogP contribution in [0.3, 0.4) is 0 Å². The summed E-state index contributed by atoms with van der Waals surface area (Å²) >= 11 is 1.69. The van der Waals surface area contributed by atoms with Gasteiger partial charge in [-0.25, -0.2) is 4.39 Å². The second kappa shape index (κ2) is 6.25. The Kier molecular flexibility index (Phi) is 4.81. The number of nitrogens with one attached hydrogen (secondary N) is 1. The van der Waals surface area contributed by atoms with Crippen molar-refractivity contribution < 1.29 is 22.4 Å². The highest BCUT2D eigenvalue weighted by atomic mass is 32.2. The Hall–Kier alpha value is -1.24. The van der Waals surface area contributed by atoms with Gasteiger partial charge in [0.25, 0.3) is 5.91 Å². The van der Waals surface area contributed by atoms with E-state index in [-0.39, 0.29) is 6.04 Å². The summed E-state index contributed by atoms with van der Waals surface area (Å²) in [5, 5.41) is 3.05. The molecule has 1 fully saturated rings. The molecular formula is C14H15F4NOS. The highest BCUT2D eigenvalue weighted by Gasteiger charge is 2.32. The first kappa shape index (κ1) is 16.1. The van der Waals surface area contributed by atoms with Gasteiger partial charge < -0.3 is 5.32 Å². The van der Waals surface area contributed by atoms with Gasteiger partial charge in [-0.15, -0.1) is 0 Å². The molecule has 116 valence electrons. The largest absolute Gasteiger partial charge is 0.416 e. The smallest absolute Gasteiger partial charge is 0.349 e. The Morgan fingerprint density at radius 2 is 2.05 bits per heavy atom. The maximum Gasteiger partial charge on any atom is 0.416 e. The fourth-order valence-corrected chi connectivity index (χ4v) is 3.22. The van der Waals surface area contributed by atoms with Gasteiger partial charge in [-0.1, -0.05) is 0 Å². The molecule has 0 bridgehead atoms. The number of thioether (sulfide) groups is 1. The molecule has 1 N–H and O–H groups in total. The number of amides is 1. The van der Waals surface area contributed by atoms with Gasteiger partial charge in [0.15, 0.2) is 0 Å². The van der Waals surface area contributed by atoms with Crippen molar-refractivity contribution in [2.24, 2.45) is 0 Å². The molecule has 2 atom stereocenters. The number of benzene rings is 1. The Labute approximate surface area is 124 Å². The van der Waals surface area contributed by atoms with E-state index in [4.69, 9.17) is 0 Å². The Morgan fingerprint density at radius 1 is 1.33 bits per heavy atom. The predicted molar refractivity (Wildman–Crippen MR) is 73.8 cm³/mol. The molecule has 1 aromatic carbocycles. The van der Waals surface area contributed by atoms with Crippen molar-refractivity contribution in [1.82, 2.24) is 5.32 Å². The zero-order chi connectivity index (χ0) is 15.6. The van der Waals surface area contributed by atoms with Crippen LogP contribution >= 0.6 is 11.8 Å². The van der Waals surface area contributed by atoms with E-state index < -0.39 is 29.0 Å². The van der Waals surface area contributed by atoms with E-state index >= 15 is 0 Å². The fourth-order valence-electron chi connectivity index (χ4n) is 2.42. The third-order valence-electron chi connectivity index (χ3n) is 3.59. The zero-order valence-corrected chi connectivity index (χ0v) is 12.2. The van der Waals surface area contributed by atoms with Gasteiger partial charge in [-0.05, 0) is 43.7 Å². The molecule has 7 heteroatoms. The third-order valence-corrected chi connectivity index (χ3v) is 4.69. The maximum absolute atomic E-state index is 13.6. The van der Waals surface area contributed by atoms with Crippen molar-refractivity contribution in [3.63, 3.8) is 0 Å². The zero-order valence-electron chi connectivity index (χ0n) is 11.3. The van der Waals surface area contributed by atoms with Crippen LogP contribution in [0.4, 0.5) is 17.6 Å². The molecule has 2 rings (SSSR count). The molecule has 1 amide bonds. The van der Waals surface area contributed by atoms with Gasteiger partial charge >= 0.3 is 6.18 Å². The normalized spacial score (nSPS) is 22.3. The molecule has 1 aliphatic carbocycles. The van der Waals surface area contributed by atoms with E-state index in [1.807, 2.05) is 6.26 Å². The van der Waals surface area contributed by atoms with E-state index in [1.54, 1.807) is 11.8 Å². The van der Waals surface area contributed by atoms with Crippen LogP contribution < -0.4 is 5.32 Å². The molecule has 0 radical (unpaired) electrons. The molecule has 1 aliphatic rings. The number of hydrogen-bond acceptors (Lipinski definition) is 2. The standard InChI is InChI=1S/C14H15F4NOS/c1-21-10-4-3-9(7-10)19-13(20)11-6-8(14(16,17)18)2-5-12(11)15/h2,5-6,9-10H,3-4,7H2,1H3,(H,19,20). The van der Waals surface area contributed by atoms with Gasteiger partial charge in [-0.3, -0.25) is 4.79 Å². The van der Waals surface area contributed by atoms with Crippen LogP contribution in [0.5, 0.6) is 0 Å². The first-order valence-electron chi connectivity index (χ1n) is 6.51. The number of alkyl halides is 3. The average Bonchev–Trinajstić information content (AvgIpc) is 2.85. The summed E-state index contributed by atoms with van der Waals surface area (Å²) in [5.41, 5.74) is -1.58. The van der Waals surface area contributed by atoms with Crippen molar-refractivity contribution in [3.05, 3.63) is 35.1 Å². The van der Waals surface area contributed by atoms with Crippen LogP contribution in [0.2, 0.25) is 0 Å². The second-order valence-corrected chi connectivity index (χ2v) is 6.17. The van der Waals surface area contributed by atoms with Crippen LogP contribution in [0.15, 0.2) is 18.2 Å². The highest BCUT2D eigenvalue weighted by molar-refractivity contribution is 7.99. The summed E-state index contributed by atoms with van der Waals surface area (Å²) in [4.78, 5) is 12.0. The summed E-state index contributed by atoms with van der Waals surface area (Å²) in [5.74, 6) is -1.73. The molecule has 2 unspecified atom stereocenters. The van der Waals surface area contributed by atoms with E-state index in [0.29, 0.717) is 23.4 Å². The molecule has 0 heterocycles. The molecule has 0 spiro atoms. The number of hydrogen-bond donors (Lipinski definition) is 1. The topological polar surface area (TPSA) is 29.1 Å². The van der Waals surface area contributed by atoms with Crippen LogP contribution in [-0.4, -0.2) is 23.5 Å². The highest BCUT2D eigenvalue weighted by Crippen LogP contribution is 2.31. The Balaban J connectivity index is 2.12. The van der Waals surface area contributed by atoms with E-state index in [0.717, 1.165) is 19.3 Å². The van der Waals surface area contributed by atoms with Gasteiger partial charge in [0.05, 0.1) is 11.1 Å². The molecule has 2 nitrogen and oxygen atoms in total. The van der Waals surface area contributed by atoms with E-state index in [2.05, 4.69) is 5.32 Å². The summed E-state index contributed by atoms with van der Waals surface area (Å²) in [6.45, 7) is 0. The number of rotatable bonds is 3. The second-order valence-electron chi connectivity index (χ2n) is 5.03. The molecule has 1 saturated carbocycles. The Bertz CT molecular complexity index is 532. The van der Waals surface area contributed by atoms with E-state index in [1.165, 1.54) is 0 Å². The molecule has 0 saturated heterocycles. The van der Waals surface area contributed by atoms with Crippen molar-refractivity contribution in [3.8, 4) is 0 Å². The van der Waals surface area contributed by atoms with Gasteiger partial charge in [-0.2, -0.15) is 24.9 Å². The number of carbonyl (C=O) groups is 1. The molecule has 21 heavy (non-hydrogen) atoms. The van der Waals surface area contributed by atoms with Crippen molar-refractivity contribution in [1.29, 1.82) is 0 Å². The molecular weight excluding hydrogens is 306 g/mol. The van der Waals surface area contributed by atoms with E-state index in [9.17, 15) is 22.4 Å². The fraction of sp³-hybridized carbons (Fsp3) is 0.500. The van der Waals surface area contributed by atoms with Crippen LogP contribution in [-0.2, 0) is 6.18 Å². The summed E-state index contributed by atoms with van der Waals surface area (Å²) in [6, 6.07) is 1.76. The summed E-state index contributed by atoms with van der Waals surface area (Å²) in [6.07, 6.45) is -0.163. The third kappa shape index (κ3) is 3.90. The lowest BCUT2D eigenvalue weighted by Gasteiger charge is -2.14. The number of carbonyl (C=O) groups excluding carboxylic acids is 1. The molecule has 0 aromatic heterocycles. The predicted octanol–water partition coefficient (Wildman–Crippen LogP) is 3.86. The molecule has 0 aliphatic heterocycles. The lowest BCUT2D eigenvalue weighted by Crippen LogP contribution is -2.33. The lowest BCUT2D eigenvalue weighted by atomic mass is 10.1. The minimum absolute atomic E-state index is 0.108. The minimum atomic E-state index is -4.60. The summed E-state index contributed by atoms with van der Waals surface area (Å²) in [7, 11) is 0. The van der Waals surface area contributed by atoms with Gasteiger partial charge in [0, 0.05) is 11.3 Å². The van der Waals surface area contributed by atoms with Crippen molar-refractivity contribution in [2.75, 3.05) is 6.26 Å². The summed E-state index contributed by atoms with van der Waals surface area (Å²) < 4.78 is 51.4. The van der Waals surface area contributed by atoms with Crippen molar-refractivity contribution in [2.45, 2.75) is 36.7 Å². The molecule has 1 aromatic rings. The SMILES string of the molecule is CSC1CCC(NC(=O)c2cc(C(F)(F)F)ccc2F)C1. The minimum Gasteiger partial charge on any atom is -0.349 e. The maximum atomic E-state index is 13.6. The van der Waals surface area contributed by atoms with Crippen molar-refractivity contribution >= 4 is 17.7 Å². The van der Waals surface area contributed by atoms with Gasteiger partial charge in [0.1, 0.15) is 5.82 Å². The monoisotopic (exact) mass is 321 g/mol. The Morgan fingerprint density at radius 3 is 2.62 bits per heavy atom. The van der Waals surface area contributed by atoms with Crippen LogP contribution in [0.25, 0.3) is 0 Å². The van der Waals surface area contributed by atoms with Crippen LogP contribution in [0, 0.1) is 5.82 Å². The lowest BCUT2D eigenvalue weighted by molar-refractivity contribution is -0.137. The quantitative estimate of drug-likeness (QED) is 0.857. The first-order chi connectivity index (χ1) is 9.81. The first-order valence-corrected chi connectivity index (χ1v) is 7.80. The van der Waals surface area contributed by atoms with Crippen LogP contribution in [0.1, 0.15) is 35.2 Å². The number of halogens is 4. The van der Waals surface area contributed by atoms with Gasteiger partial charge in [0.2, 0.25) is 0 Å². The average molecular weight is 321 g/mol.